The van der Waals surface area contributed by atoms with Gasteiger partial charge in [-0.3, -0.25) is 9.89 Å². The lowest BCUT2D eigenvalue weighted by molar-refractivity contribution is 0.0777. The molecule has 0 bridgehead atoms. The monoisotopic (exact) mass is 293 g/mol. The van der Waals surface area contributed by atoms with Gasteiger partial charge in [0.2, 0.25) is 0 Å². The fraction of sp³-hybridized carbons (Fsp3) is 0.333. The Morgan fingerprint density at radius 2 is 2.14 bits per heavy atom. The number of carbonyl (C=O) groups excluding carboxylic acids is 1. The van der Waals surface area contributed by atoms with E-state index in [-0.39, 0.29) is 12.1 Å². The van der Waals surface area contributed by atoms with Gasteiger partial charge < -0.3 is 4.90 Å². The highest BCUT2D eigenvalue weighted by Gasteiger charge is 2.19. The molecule has 1 amide bonds. The standard InChI is InChI=1S/C15H17F2N3O/c1-3-5-10-8-11(19-18-10)9-20(2)15(21)12-6-4-7-13(16)14(12)17/h4,6-8H,3,5,9H2,1-2H3,(H,18,19). The van der Waals surface area contributed by atoms with Crippen LogP contribution < -0.4 is 0 Å². The number of nitrogens with zero attached hydrogens (tertiary/aromatic N) is 2. The molecule has 0 aliphatic heterocycles. The van der Waals surface area contributed by atoms with E-state index in [4.69, 9.17) is 0 Å². The van der Waals surface area contributed by atoms with E-state index in [1.165, 1.54) is 24.1 Å². The molecule has 4 nitrogen and oxygen atoms in total. The summed E-state index contributed by atoms with van der Waals surface area (Å²) in [7, 11) is 1.53. The molecule has 2 aromatic rings. The Bertz CT molecular complexity index is 640. The van der Waals surface area contributed by atoms with Gasteiger partial charge in [0.05, 0.1) is 23.5 Å². The normalized spacial score (nSPS) is 10.7. The lowest BCUT2D eigenvalue weighted by Crippen LogP contribution is -2.27. The Hall–Kier alpha value is -2.24. The van der Waals surface area contributed by atoms with Crippen LogP contribution in [0.5, 0.6) is 0 Å². The Morgan fingerprint density at radius 1 is 1.38 bits per heavy atom. The molecule has 112 valence electrons. The van der Waals surface area contributed by atoms with Crippen LogP contribution in [0.15, 0.2) is 24.3 Å². The van der Waals surface area contributed by atoms with Gasteiger partial charge in [-0.2, -0.15) is 5.10 Å². The molecule has 0 spiro atoms. The molecule has 0 atom stereocenters. The van der Waals surface area contributed by atoms with Crippen LogP contribution in [0.25, 0.3) is 0 Å². The van der Waals surface area contributed by atoms with E-state index in [0.29, 0.717) is 0 Å². The number of carbonyl (C=O) groups is 1. The van der Waals surface area contributed by atoms with Crippen LogP contribution in [-0.4, -0.2) is 28.1 Å². The second-order valence-corrected chi connectivity index (χ2v) is 4.90. The molecule has 1 aromatic carbocycles. The Morgan fingerprint density at radius 3 is 2.86 bits per heavy atom. The minimum absolute atomic E-state index is 0.255. The van der Waals surface area contributed by atoms with E-state index < -0.39 is 17.5 Å². The predicted octanol–water partition coefficient (Wildman–Crippen LogP) is 2.91. The van der Waals surface area contributed by atoms with Gasteiger partial charge in [-0.15, -0.1) is 0 Å². The molecule has 2 rings (SSSR count). The third-order valence-corrected chi connectivity index (χ3v) is 3.13. The molecule has 1 aromatic heterocycles. The van der Waals surface area contributed by atoms with E-state index >= 15 is 0 Å². The SMILES string of the molecule is CCCc1cc(CN(C)C(=O)c2cccc(F)c2F)[nH]n1. The summed E-state index contributed by atoms with van der Waals surface area (Å²) in [6.45, 7) is 2.31. The highest BCUT2D eigenvalue weighted by molar-refractivity contribution is 5.94. The smallest absolute Gasteiger partial charge is 0.257 e. The Kier molecular flexibility index (Phi) is 4.67. The first-order chi connectivity index (χ1) is 10.0. The average molecular weight is 293 g/mol. The lowest BCUT2D eigenvalue weighted by atomic mass is 10.1. The van der Waals surface area contributed by atoms with Crippen LogP contribution in [-0.2, 0) is 13.0 Å². The maximum atomic E-state index is 13.6. The van der Waals surface area contributed by atoms with Crippen LogP contribution in [0.2, 0.25) is 0 Å². The van der Waals surface area contributed by atoms with Crippen molar-refractivity contribution in [1.29, 1.82) is 0 Å². The second-order valence-electron chi connectivity index (χ2n) is 4.90. The molecule has 0 fully saturated rings. The summed E-state index contributed by atoms with van der Waals surface area (Å²) in [5.74, 6) is -2.72. The molecule has 0 radical (unpaired) electrons. The molecule has 0 saturated heterocycles. The minimum Gasteiger partial charge on any atom is -0.336 e. The number of halogens is 2. The number of rotatable bonds is 5. The van der Waals surface area contributed by atoms with Crippen molar-refractivity contribution in [2.24, 2.45) is 0 Å². The lowest BCUT2D eigenvalue weighted by Gasteiger charge is -2.16. The van der Waals surface area contributed by atoms with E-state index in [0.717, 1.165) is 30.3 Å². The van der Waals surface area contributed by atoms with Gasteiger partial charge in [-0.05, 0) is 24.6 Å². The van der Waals surface area contributed by atoms with Crippen LogP contribution in [0.3, 0.4) is 0 Å². The topological polar surface area (TPSA) is 49.0 Å². The fourth-order valence-corrected chi connectivity index (χ4v) is 2.08. The van der Waals surface area contributed by atoms with Crippen molar-refractivity contribution in [1.82, 2.24) is 15.1 Å². The third kappa shape index (κ3) is 3.45. The second kappa shape index (κ2) is 6.47. The highest BCUT2D eigenvalue weighted by atomic mass is 19.2. The molecule has 0 saturated carbocycles. The van der Waals surface area contributed by atoms with Crippen LogP contribution >= 0.6 is 0 Å². The number of aryl methyl sites for hydroxylation is 1. The van der Waals surface area contributed by atoms with Gasteiger partial charge in [0.15, 0.2) is 11.6 Å². The van der Waals surface area contributed by atoms with Gasteiger partial charge in [-0.1, -0.05) is 19.4 Å². The molecule has 0 aliphatic carbocycles. The zero-order chi connectivity index (χ0) is 15.4. The molecule has 0 unspecified atom stereocenters. The summed E-state index contributed by atoms with van der Waals surface area (Å²) in [6, 6.07) is 5.44. The number of aromatic amines is 1. The van der Waals surface area contributed by atoms with E-state index in [1.54, 1.807) is 0 Å². The fourth-order valence-electron chi connectivity index (χ4n) is 2.08. The van der Waals surface area contributed by atoms with Gasteiger partial charge >= 0.3 is 0 Å². The number of amides is 1. The summed E-state index contributed by atoms with van der Waals surface area (Å²) < 4.78 is 26.8. The van der Waals surface area contributed by atoms with Crippen molar-refractivity contribution in [3.8, 4) is 0 Å². The van der Waals surface area contributed by atoms with Gasteiger partial charge in [-0.25, -0.2) is 8.78 Å². The van der Waals surface area contributed by atoms with E-state index in [9.17, 15) is 13.6 Å². The summed E-state index contributed by atoms with van der Waals surface area (Å²) in [5.41, 5.74) is 1.40. The van der Waals surface area contributed by atoms with Gasteiger partial charge in [0.25, 0.3) is 5.91 Å². The molecule has 0 aliphatic rings. The molecule has 21 heavy (non-hydrogen) atoms. The minimum atomic E-state index is -1.12. The molecule has 1 heterocycles. The maximum Gasteiger partial charge on any atom is 0.257 e. The van der Waals surface area contributed by atoms with Crippen molar-refractivity contribution < 1.29 is 13.6 Å². The number of hydrogen-bond acceptors (Lipinski definition) is 2. The van der Waals surface area contributed by atoms with Crippen LogP contribution in [0, 0.1) is 11.6 Å². The molecular weight excluding hydrogens is 276 g/mol. The zero-order valence-corrected chi connectivity index (χ0v) is 12.0. The van der Waals surface area contributed by atoms with Crippen molar-refractivity contribution in [2.75, 3.05) is 7.05 Å². The average Bonchev–Trinajstić information content (AvgIpc) is 2.89. The third-order valence-electron chi connectivity index (χ3n) is 3.13. The summed E-state index contributed by atoms with van der Waals surface area (Å²) in [6.07, 6.45) is 1.83. The quantitative estimate of drug-likeness (QED) is 0.921. The number of nitrogens with one attached hydrogen (secondary N) is 1. The van der Waals surface area contributed by atoms with Crippen molar-refractivity contribution in [3.05, 3.63) is 52.9 Å². The summed E-state index contributed by atoms with van der Waals surface area (Å²) >= 11 is 0. The first kappa shape index (κ1) is 15.2. The van der Waals surface area contributed by atoms with Gasteiger partial charge in [0.1, 0.15) is 0 Å². The van der Waals surface area contributed by atoms with E-state index in [1.807, 2.05) is 6.07 Å². The zero-order valence-electron chi connectivity index (χ0n) is 12.0. The van der Waals surface area contributed by atoms with Crippen molar-refractivity contribution in [3.63, 3.8) is 0 Å². The largest absolute Gasteiger partial charge is 0.336 e. The molecular formula is C15H17F2N3O. The van der Waals surface area contributed by atoms with Crippen molar-refractivity contribution in [2.45, 2.75) is 26.3 Å². The Balaban J connectivity index is 2.10. The molecule has 1 N–H and O–H groups in total. The molecule has 6 heteroatoms. The number of H-pyrrole nitrogens is 1. The first-order valence-electron chi connectivity index (χ1n) is 6.75. The maximum absolute atomic E-state index is 13.6. The van der Waals surface area contributed by atoms with E-state index in [2.05, 4.69) is 17.1 Å². The highest BCUT2D eigenvalue weighted by Crippen LogP contribution is 2.14. The number of aromatic nitrogens is 2. The predicted molar refractivity (Wildman–Crippen MR) is 74.7 cm³/mol. The Labute approximate surface area is 121 Å². The number of hydrogen-bond donors (Lipinski definition) is 1. The first-order valence-corrected chi connectivity index (χ1v) is 6.75. The summed E-state index contributed by atoms with van der Waals surface area (Å²) in [4.78, 5) is 13.5. The van der Waals surface area contributed by atoms with Crippen LogP contribution in [0.1, 0.15) is 35.1 Å². The number of benzene rings is 1. The van der Waals surface area contributed by atoms with Crippen LogP contribution in [0.4, 0.5) is 8.78 Å². The summed E-state index contributed by atoms with van der Waals surface area (Å²) in [5, 5.41) is 6.97. The van der Waals surface area contributed by atoms with Gasteiger partial charge in [0, 0.05) is 7.05 Å². The van der Waals surface area contributed by atoms with Crippen molar-refractivity contribution >= 4 is 5.91 Å².